The largest absolute Gasteiger partial charge is 0.417 e. The Morgan fingerprint density at radius 2 is 1.78 bits per heavy atom. The van der Waals surface area contributed by atoms with Crippen LogP contribution in [-0.2, 0) is 16.2 Å². The van der Waals surface area contributed by atoms with E-state index in [2.05, 4.69) is 15.3 Å². The van der Waals surface area contributed by atoms with E-state index in [0.717, 1.165) is 22.9 Å². The van der Waals surface area contributed by atoms with Gasteiger partial charge >= 0.3 is 6.18 Å². The van der Waals surface area contributed by atoms with E-state index in [9.17, 15) is 26.7 Å². The van der Waals surface area contributed by atoms with Gasteiger partial charge in [-0.05, 0) is 42.3 Å². The van der Waals surface area contributed by atoms with Crippen molar-refractivity contribution in [2.75, 3.05) is 37.4 Å². The van der Waals surface area contributed by atoms with Gasteiger partial charge in [0.25, 0.3) is 0 Å². The van der Waals surface area contributed by atoms with Gasteiger partial charge in [-0.25, -0.2) is 13.4 Å². The third-order valence-electron chi connectivity index (χ3n) is 6.03. The molecule has 2 atom stereocenters. The Bertz CT molecular complexity index is 1300. The highest BCUT2D eigenvalue weighted by Gasteiger charge is 2.35. The fourth-order valence-electron chi connectivity index (χ4n) is 3.92. The number of piperidine rings is 1. The molecule has 0 radical (unpaired) electrons. The van der Waals surface area contributed by atoms with Gasteiger partial charge in [-0.2, -0.15) is 17.5 Å². The third-order valence-corrected chi connectivity index (χ3v) is 7.91. The highest BCUT2D eigenvalue weighted by atomic mass is 32.2. The summed E-state index contributed by atoms with van der Waals surface area (Å²) in [6.07, 6.45) is -1.15. The molecule has 4 rings (SSSR count). The van der Waals surface area contributed by atoms with E-state index in [1.54, 1.807) is 24.5 Å². The molecule has 1 fully saturated rings. The number of halogens is 3. The molecule has 0 amide bonds. The maximum Gasteiger partial charge on any atom is 0.417 e. The van der Waals surface area contributed by atoms with Gasteiger partial charge in [0.05, 0.1) is 34.5 Å². The summed E-state index contributed by atoms with van der Waals surface area (Å²) in [6.45, 7) is -0.0224. The predicted octanol–water partition coefficient (Wildman–Crippen LogP) is 3.46. The Hall–Kier alpha value is -3.22. The van der Waals surface area contributed by atoms with Crippen molar-refractivity contribution >= 4 is 21.5 Å². The molecule has 12 heteroatoms. The van der Waals surface area contributed by atoms with Gasteiger partial charge in [-0.1, -0.05) is 12.1 Å². The minimum atomic E-state index is -4.49. The molecule has 0 saturated carbocycles. The number of alkyl halides is 3. The fraction of sp³-hybridized carbons (Fsp3) is 0.333. The van der Waals surface area contributed by atoms with Crippen molar-refractivity contribution in [2.24, 2.45) is 0 Å². The number of aliphatic hydroxyl groups is 1. The van der Waals surface area contributed by atoms with Gasteiger partial charge in [0.15, 0.2) is 0 Å². The van der Waals surface area contributed by atoms with E-state index in [0.29, 0.717) is 6.20 Å². The maximum atomic E-state index is 13.2. The number of sulfonamides is 1. The molecule has 0 spiro atoms. The Morgan fingerprint density at radius 3 is 2.36 bits per heavy atom. The van der Waals surface area contributed by atoms with Crippen LogP contribution in [0.1, 0.15) is 12.0 Å². The second-order valence-corrected chi connectivity index (χ2v) is 10.7. The van der Waals surface area contributed by atoms with Gasteiger partial charge in [0, 0.05) is 45.1 Å². The topological polar surface area (TPSA) is 98.7 Å². The van der Waals surface area contributed by atoms with Crippen LogP contribution in [0.2, 0.25) is 0 Å². The van der Waals surface area contributed by atoms with E-state index in [-0.39, 0.29) is 30.2 Å². The molecule has 0 unspecified atom stereocenters. The molecule has 0 bridgehead atoms. The van der Waals surface area contributed by atoms with Crippen LogP contribution in [-0.4, -0.2) is 67.1 Å². The Kier molecular flexibility index (Phi) is 7.21. The van der Waals surface area contributed by atoms with Crippen molar-refractivity contribution in [3.05, 3.63) is 66.6 Å². The molecule has 3 aromatic rings. The summed E-state index contributed by atoms with van der Waals surface area (Å²) >= 11 is 0. The lowest BCUT2D eigenvalue weighted by atomic mass is 10.0. The molecule has 2 N–H and O–H groups in total. The standard InChI is InChI=1S/C24H26F3N5O3S/c1-31(2)19-11-17(12-28-14-19)16-3-6-20(7-4-16)36(34,35)32-10-9-21(22(33)15-32)30-23-8-5-18(13-29-23)24(25,26)27/h3-8,11-14,21-22,33H,9-10,15H2,1-2H3,(H,29,30)/t21-,22+/m1/s1. The van der Waals surface area contributed by atoms with Crippen molar-refractivity contribution in [1.29, 1.82) is 0 Å². The molecule has 36 heavy (non-hydrogen) atoms. The van der Waals surface area contributed by atoms with Crippen molar-refractivity contribution in [1.82, 2.24) is 14.3 Å². The van der Waals surface area contributed by atoms with Gasteiger partial charge < -0.3 is 15.3 Å². The lowest BCUT2D eigenvalue weighted by Crippen LogP contribution is -2.51. The summed E-state index contributed by atoms with van der Waals surface area (Å²) in [5.74, 6) is 0.173. The van der Waals surface area contributed by atoms with E-state index >= 15 is 0 Å². The van der Waals surface area contributed by atoms with E-state index in [1.807, 2.05) is 25.1 Å². The normalized spacial score (nSPS) is 19.2. The maximum absolute atomic E-state index is 13.2. The van der Waals surface area contributed by atoms with Gasteiger partial charge in [0.2, 0.25) is 10.0 Å². The Labute approximate surface area is 207 Å². The fourth-order valence-corrected chi connectivity index (χ4v) is 5.40. The SMILES string of the molecule is CN(C)c1cncc(-c2ccc(S(=O)(=O)N3CC[C@@H](Nc4ccc(C(F)(F)F)cn4)[C@@H](O)C3)cc2)c1. The van der Waals surface area contributed by atoms with Gasteiger partial charge in [0.1, 0.15) is 5.82 Å². The molecule has 8 nitrogen and oxygen atoms in total. The number of nitrogens with one attached hydrogen (secondary N) is 1. The number of anilines is 2. The third kappa shape index (κ3) is 5.61. The molecule has 3 heterocycles. The zero-order valence-electron chi connectivity index (χ0n) is 19.6. The lowest BCUT2D eigenvalue weighted by Gasteiger charge is -2.35. The monoisotopic (exact) mass is 521 g/mol. The van der Waals surface area contributed by atoms with Gasteiger partial charge in [-0.15, -0.1) is 0 Å². The molecular formula is C24H26F3N5O3S. The second kappa shape index (κ2) is 10.0. The molecule has 1 aliphatic heterocycles. The predicted molar refractivity (Wildman–Crippen MR) is 130 cm³/mol. The molecule has 1 aliphatic rings. The van der Waals surface area contributed by atoms with Crippen LogP contribution in [0.25, 0.3) is 11.1 Å². The number of aromatic nitrogens is 2. The van der Waals surface area contributed by atoms with Crippen LogP contribution in [0.3, 0.4) is 0 Å². The first kappa shape index (κ1) is 25.9. The summed E-state index contributed by atoms with van der Waals surface area (Å²) in [5.41, 5.74) is 1.71. The Balaban J connectivity index is 1.42. The molecule has 192 valence electrons. The first-order chi connectivity index (χ1) is 16.9. The summed E-state index contributed by atoms with van der Waals surface area (Å²) < 4.78 is 65.7. The first-order valence-electron chi connectivity index (χ1n) is 11.2. The van der Waals surface area contributed by atoms with Gasteiger partial charge in [-0.3, -0.25) is 4.98 Å². The van der Waals surface area contributed by atoms with Crippen LogP contribution in [0.15, 0.2) is 66.0 Å². The van der Waals surface area contributed by atoms with E-state index in [1.165, 1.54) is 22.5 Å². The van der Waals surface area contributed by atoms with Crippen LogP contribution >= 0.6 is 0 Å². The second-order valence-electron chi connectivity index (χ2n) is 8.75. The average Bonchev–Trinajstić information content (AvgIpc) is 2.85. The lowest BCUT2D eigenvalue weighted by molar-refractivity contribution is -0.137. The molecular weight excluding hydrogens is 495 g/mol. The molecule has 1 saturated heterocycles. The minimum Gasteiger partial charge on any atom is -0.390 e. The minimum absolute atomic E-state index is 0.103. The van der Waals surface area contributed by atoms with Crippen molar-refractivity contribution in [2.45, 2.75) is 29.6 Å². The molecule has 0 aliphatic carbocycles. The smallest absolute Gasteiger partial charge is 0.390 e. The summed E-state index contributed by atoms with van der Waals surface area (Å²) in [4.78, 5) is 10.0. The summed E-state index contributed by atoms with van der Waals surface area (Å²) in [5, 5.41) is 13.5. The quantitative estimate of drug-likeness (QED) is 0.513. The first-order valence-corrected chi connectivity index (χ1v) is 12.6. The average molecular weight is 522 g/mol. The number of rotatable bonds is 6. The number of β-amino-alcohol motifs (C(OH)–C–C–N with tert-alkyl or cyclic N) is 1. The summed E-state index contributed by atoms with van der Waals surface area (Å²) in [7, 11) is -0.0399. The van der Waals surface area contributed by atoms with Crippen molar-refractivity contribution in [3.63, 3.8) is 0 Å². The van der Waals surface area contributed by atoms with Crippen LogP contribution < -0.4 is 10.2 Å². The van der Waals surface area contributed by atoms with Crippen molar-refractivity contribution in [3.8, 4) is 11.1 Å². The van der Waals surface area contributed by atoms with Crippen LogP contribution in [0, 0.1) is 0 Å². The molecule has 2 aromatic heterocycles. The van der Waals surface area contributed by atoms with Crippen molar-refractivity contribution < 1.29 is 26.7 Å². The van der Waals surface area contributed by atoms with E-state index in [4.69, 9.17) is 0 Å². The number of benzene rings is 1. The highest BCUT2D eigenvalue weighted by Crippen LogP contribution is 2.30. The number of hydrogen-bond acceptors (Lipinski definition) is 7. The van der Waals surface area contributed by atoms with E-state index < -0.39 is 33.9 Å². The van der Waals surface area contributed by atoms with Crippen LogP contribution in [0.4, 0.5) is 24.7 Å². The number of hydrogen-bond donors (Lipinski definition) is 2. The summed E-state index contributed by atoms with van der Waals surface area (Å²) in [6, 6.07) is 9.96. The number of aliphatic hydroxyl groups excluding tert-OH is 1. The number of pyridine rings is 2. The zero-order valence-corrected chi connectivity index (χ0v) is 20.5. The Morgan fingerprint density at radius 1 is 1.06 bits per heavy atom. The zero-order chi connectivity index (χ0) is 26.1. The molecule has 1 aromatic carbocycles. The van der Waals surface area contributed by atoms with Crippen LogP contribution in [0.5, 0.6) is 0 Å². The highest BCUT2D eigenvalue weighted by molar-refractivity contribution is 7.89. The number of nitrogens with zero attached hydrogens (tertiary/aromatic N) is 4.